The fourth-order valence-corrected chi connectivity index (χ4v) is 5.50. The van der Waals surface area contributed by atoms with Crippen molar-refractivity contribution in [3.8, 4) is 0 Å². The predicted octanol–water partition coefficient (Wildman–Crippen LogP) is 30.4. The molecule has 4 heterocycles. The molecule has 85 heavy (non-hydrogen) atoms. The fourth-order valence-electron chi connectivity index (χ4n) is 5.50. The van der Waals surface area contributed by atoms with Crippen molar-refractivity contribution in [2.24, 2.45) is 20.0 Å². The minimum atomic E-state index is 0. The largest absolute Gasteiger partial charge is 0.293 e. The lowest BCUT2D eigenvalue weighted by atomic mass is 9.97. The number of carbonyl (C=O) groups excluding carboxylic acids is 1. The zero-order chi connectivity index (χ0) is 70.1. The van der Waals surface area contributed by atoms with Crippen LogP contribution in [0.3, 0.4) is 0 Å². The normalized spacial score (nSPS) is 13.7. The number of Topliss-reactive ketones (excluding diaryl/α,β-unsaturated/α-hetero) is 1. The molecule has 4 aliphatic heterocycles. The van der Waals surface area contributed by atoms with Gasteiger partial charge >= 0.3 is 0 Å². The molecule has 8 aliphatic rings. The first kappa shape index (κ1) is 127. The molecular formula is C80H170N4O. The van der Waals surface area contributed by atoms with Gasteiger partial charge in [0.25, 0.3) is 0 Å². The van der Waals surface area contributed by atoms with Crippen molar-refractivity contribution in [2.75, 3.05) is 13.1 Å². The summed E-state index contributed by atoms with van der Waals surface area (Å²) >= 11 is 0. The lowest BCUT2D eigenvalue weighted by molar-refractivity contribution is -0.112. The van der Waals surface area contributed by atoms with E-state index in [1.807, 2.05) is 240 Å². The Morgan fingerprint density at radius 1 is 0.294 bits per heavy atom. The molecular weight excluding hydrogens is 1030 g/mol. The molecule has 4 aliphatic carbocycles. The van der Waals surface area contributed by atoms with Gasteiger partial charge in [0, 0.05) is 49.5 Å². The number of hydrogen-bond donors (Lipinski definition) is 0. The second kappa shape index (κ2) is 159. The molecule has 0 amide bonds. The first-order chi connectivity index (χ1) is 41.2. The maximum atomic E-state index is 10.3. The highest BCUT2D eigenvalue weighted by atomic mass is 16.1. The minimum Gasteiger partial charge on any atom is -0.293 e. The highest BCUT2D eigenvalue weighted by molar-refractivity contribution is 6.27. The smallest absolute Gasteiger partial charge is 0.173 e. The SMILES string of the molecule is C.C=C1C=CCC1.C=C1C=CCCC1.C=C1C=NCC1.C=C1CCC=N1.C=C1CCCC1.C=C1CCCC=N1.C=C1CCCCC1.CC.CC.CC.CC.CC.CC.CC.CC.CC.CC.CC.CC.CC.CC.CC.CC.O=C1C=NCCC1. The Labute approximate surface area is 545 Å². The topological polar surface area (TPSA) is 66.5 Å². The maximum absolute atomic E-state index is 10.3. The molecule has 0 saturated heterocycles. The van der Waals surface area contributed by atoms with Gasteiger partial charge in [-0.15, -0.1) is 0 Å². The van der Waals surface area contributed by atoms with E-state index in [0.29, 0.717) is 6.42 Å². The Hall–Kier alpha value is -3.99. The van der Waals surface area contributed by atoms with E-state index in [0.717, 1.165) is 68.6 Å². The minimum absolute atomic E-state index is 0. The summed E-state index contributed by atoms with van der Waals surface area (Å²) in [6, 6.07) is 0. The van der Waals surface area contributed by atoms with Crippen LogP contribution in [0.15, 0.2) is 130 Å². The number of allylic oxidation sites excluding steroid dienone is 10. The first-order valence-electron chi connectivity index (χ1n) is 35.8. The predicted molar refractivity (Wildman–Crippen MR) is 421 cm³/mol. The van der Waals surface area contributed by atoms with Crippen LogP contribution in [0.2, 0.25) is 0 Å². The molecule has 0 spiro atoms. The molecule has 516 valence electrons. The van der Waals surface area contributed by atoms with Gasteiger partial charge in [0.15, 0.2) is 5.78 Å². The summed E-state index contributed by atoms with van der Waals surface area (Å²) in [5.74, 6) is 0.172. The van der Waals surface area contributed by atoms with Crippen LogP contribution in [0.25, 0.3) is 0 Å². The summed E-state index contributed by atoms with van der Waals surface area (Å²) in [5, 5.41) is 0. The van der Waals surface area contributed by atoms with Crippen LogP contribution in [-0.2, 0) is 4.79 Å². The van der Waals surface area contributed by atoms with E-state index in [9.17, 15) is 4.79 Å². The molecule has 0 bridgehead atoms. The summed E-state index contributed by atoms with van der Waals surface area (Å²) in [7, 11) is 0. The third kappa shape index (κ3) is 155. The van der Waals surface area contributed by atoms with Crippen molar-refractivity contribution in [2.45, 2.75) is 370 Å². The van der Waals surface area contributed by atoms with E-state index in [2.05, 4.69) is 90.3 Å². The van der Waals surface area contributed by atoms with E-state index in [4.69, 9.17) is 0 Å². The Bertz CT molecular complexity index is 1190. The summed E-state index contributed by atoms with van der Waals surface area (Å²) in [6.45, 7) is 92.2. The standard InChI is InChI=1S/C7H12.C7H10.C6H9N.C6H10.C6H8.C5H7NO.2C5H7N.16C2H6.CH4/c2*1-7-5-3-2-4-6-7;1-6-4-2-3-5-7-6;2*1-6-4-2-3-5-6;7-5-2-1-3-6-4-5;1-5-2-3-6-4-5;1-5-3-2-4-6-5;16*1-2;/h1-6H2;3,5H,1-2,4,6H2;5H,1-4H2;1-5H2;2,4H,1,3,5H2;4H,1-3H2;2*4H,1-3H2;16*1-2H3;1H4. The maximum Gasteiger partial charge on any atom is 0.173 e. The summed E-state index contributed by atoms with van der Waals surface area (Å²) in [4.78, 5) is 26.0. The number of ketones is 1. The number of aliphatic imine (C=N–C) groups is 4. The molecule has 0 aromatic heterocycles. The van der Waals surface area contributed by atoms with Crippen LogP contribution < -0.4 is 0 Å². The number of hydrogen-bond acceptors (Lipinski definition) is 5. The Balaban J connectivity index is -0.0000000388. The van der Waals surface area contributed by atoms with Crippen molar-refractivity contribution in [3.63, 3.8) is 0 Å². The highest BCUT2D eigenvalue weighted by Gasteiger charge is 2.02. The van der Waals surface area contributed by atoms with Crippen molar-refractivity contribution in [3.05, 3.63) is 110 Å². The summed E-state index contributed by atoms with van der Waals surface area (Å²) in [5.41, 5.74) is 8.69. The Kier molecular flexibility index (Phi) is 237. The van der Waals surface area contributed by atoms with Gasteiger partial charge in [-0.3, -0.25) is 24.8 Å². The molecule has 5 nitrogen and oxygen atoms in total. The van der Waals surface area contributed by atoms with Crippen LogP contribution in [0, 0.1) is 0 Å². The quantitative estimate of drug-likeness (QED) is 0.223. The highest BCUT2D eigenvalue weighted by Crippen LogP contribution is 2.21. The van der Waals surface area contributed by atoms with Gasteiger partial charge in [-0.05, 0) is 134 Å². The van der Waals surface area contributed by atoms with Gasteiger partial charge < -0.3 is 0 Å². The van der Waals surface area contributed by atoms with Gasteiger partial charge in [-0.1, -0.05) is 328 Å². The molecule has 0 atom stereocenters. The Morgan fingerprint density at radius 2 is 0.635 bits per heavy atom. The third-order valence-corrected chi connectivity index (χ3v) is 8.77. The van der Waals surface area contributed by atoms with Gasteiger partial charge in [0.2, 0.25) is 0 Å². The molecule has 8 rings (SSSR count). The van der Waals surface area contributed by atoms with Gasteiger partial charge in [0.1, 0.15) is 0 Å². The van der Waals surface area contributed by atoms with Gasteiger partial charge in [-0.25, -0.2) is 0 Å². The van der Waals surface area contributed by atoms with Gasteiger partial charge in [-0.2, -0.15) is 0 Å². The second-order valence-electron chi connectivity index (χ2n) is 14.1. The molecule has 2 saturated carbocycles. The molecule has 0 radical (unpaired) electrons. The number of rotatable bonds is 0. The van der Waals surface area contributed by atoms with Crippen LogP contribution >= 0.6 is 0 Å². The first-order valence-corrected chi connectivity index (χ1v) is 35.8. The third-order valence-electron chi connectivity index (χ3n) is 8.77. The lowest BCUT2D eigenvalue weighted by Gasteiger charge is -2.10. The van der Waals surface area contributed by atoms with Crippen molar-refractivity contribution in [1.82, 2.24) is 0 Å². The molecule has 0 aromatic carbocycles. The molecule has 0 unspecified atom stereocenters. The average Bonchev–Trinajstić information content (AvgIpc) is 4.50. The van der Waals surface area contributed by atoms with Crippen molar-refractivity contribution in [1.29, 1.82) is 0 Å². The average molecular weight is 1200 g/mol. The van der Waals surface area contributed by atoms with Gasteiger partial charge in [0.05, 0.1) is 6.21 Å². The van der Waals surface area contributed by atoms with E-state index in [-0.39, 0.29) is 13.2 Å². The van der Waals surface area contributed by atoms with Crippen LogP contribution in [-0.4, -0.2) is 43.7 Å². The molecule has 5 heteroatoms. The van der Waals surface area contributed by atoms with Crippen LogP contribution in [0.4, 0.5) is 0 Å². The molecule has 2 fully saturated rings. The van der Waals surface area contributed by atoms with Crippen molar-refractivity contribution >= 4 is 30.6 Å². The number of nitrogens with zero attached hydrogens (tertiary/aromatic N) is 4. The summed E-state index contributed by atoms with van der Waals surface area (Å²) in [6.07, 6.45) is 42.3. The van der Waals surface area contributed by atoms with E-state index in [1.54, 1.807) is 0 Å². The number of carbonyl (C=O) groups is 1. The fraction of sp³-hybridized carbons (Fsp3) is 0.713. The van der Waals surface area contributed by atoms with E-state index >= 15 is 0 Å². The summed E-state index contributed by atoms with van der Waals surface area (Å²) < 4.78 is 0. The zero-order valence-corrected chi connectivity index (χ0v) is 64.7. The lowest BCUT2D eigenvalue weighted by Crippen LogP contribution is -2.05. The monoisotopic (exact) mass is 1200 g/mol. The van der Waals surface area contributed by atoms with Crippen LogP contribution in [0.1, 0.15) is 370 Å². The molecule has 0 aromatic rings. The zero-order valence-electron chi connectivity index (χ0n) is 64.7. The van der Waals surface area contributed by atoms with E-state index in [1.165, 1.54) is 125 Å². The Morgan fingerprint density at radius 3 is 0.765 bits per heavy atom. The second-order valence-corrected chi connectivity index (χ2v) is 14.1. The van der Waals surface area contributed by atoms with Crippen molar-refractivity contribution < 1.29 is 4.79 Å². The van der Waals surface area contributed by atoms with Crippen LogP contribution in [0.5, 0.6) is 0 Å². The molecule has 0 N–H and O–H groups in total. The van der Waals surface area contributed by atoms with E-state index < -0.39 is 0 Å².